The fourth-order valence-corrected chi connectivity index (χ4v) is 4.63. The van der Waals surface area contributed by atoms with Crippen LogP contribution in [-0.4, -0.2) is 50.3 Å². The maximum Gasteiger partial charge on any atom is 0.287 e. The molecule has 1 aliphatic rings. The summed E-state index contributed by atoms with van der Waals surface area (Å²) in [5.74, 6) is 0.564. The molecule has 8 nitrogen and oxygen atoms in total. The minimum Gasteiger partial charge on any atom is -0.456 e. The van der Waals surface area contributed by atoms with Crippen LogP contribution >= 0.6 is 0 Å². The fraction of sp³-hybridized carbons (Fsp3) is 0.429. The molecule has 2 N–H and O–H groups in total. The number of amides is 2. The number of nitrogens with one attached hydrogen (secondary N) is 2. The van der Waals surface area contributed by atoms with E-state index in [1.54, 1.807) is 37.8 Å². The minimum atomic E-state index is -3.59. The summed E-state index contributed by atoms with van der Waals surface area (Å²) < 4.78 is 32.3. The number of likely N-dealkylation sites (tertiary alicyclic amines) is 1. The Labute approximate surface area is 176 Å². The summed E-state index contributed by atoms with van der Waals surface area (Å²) >= 11 is 0. The van der Waals surface area contributed by atoms with Crippen molar-refractivity contribution in [2.45, 2.75) is 50.6 Å². The number of furan rings is 1. The maximum atomic E-state index is 12.8. The first kappa shape index (κ1) is 22.0. The van der Waals surface area contributed by atoms with E-state index in [1.165, 1.54) is 24.3 Å². The third-order valence-electron chi connectivity index (χ3n) is 4.88. The molecule has 0 unspecified atom stereocenters. The number of hydrogen-bond acceptors (Lipinski definition) is 5. The van der Waals surface area contributed by atoms with E-state index in [0.29, 0.717) is 37.3 Å². The van der Waals surface area contributed by atoms with Crippen molar-refractivity contribution >= 4 is 21.8 Å². The van der Waals surface area contributed by atoms with E-state index < -0.39 is 10.0 Å². The quantitative estimate of drug-likeness (QED) is 0.727. The highest BCUT2D eigenvalue weighted by molar-refractivity contribution is 7.89. The Morgan fingerprint density at radius 3 is 2.23 bits per heavy atom. The van der Waals surface area contributed by atoms with Gasteiger partial charge in [-0.1, -0.05) is 0 Å². The Kier molecular flexibility index (Phi) is 6.62. The summed E-state index contributed by atoms with van der Waals surface area (Å²) in [4.78, 5) is 26.8. The molecule has 0 spiro atoms. The minimum absolute atomic E-state index is 0.0263. The van der Waals surface area contributed by atoms with E-state index in [4.69, 9.17) is 4.42 Å². The number of piperidine rings is 1. The van der Waals surface area contributed by atoms with E-state index in [9.17, 15) is 18.0 Å². The largest absolute Gasteiger partial charge is 0.456 e. The second-order valence-electron chi connectivity index (χ2n) is 7.75. The SMILES string of the molecule is Cc1ccc(C(=O)NC2CCN(C(=O)c3ccc(S(=O)(=O)NC(C)C)cc3)CC2)o1. The number of nitrogens with zero attached hydrogens (tertiary/aromatic N) is 1. The summed E-state index contributed by atoms with van der Waals surface area (Å²) in [5, 5.41) is 2.94. The molecule has 0 atom stereocenters. The second kappa shape index (κ2) is 9.01. The third-order valence-corrected chi connectivity index (χ3v) is 6.56. The Bertz CT molecular complexity index is 1000. The molecule has 2 amide bonds. The predicted molar refractivity (Wildman–Crippen MR) is 112 cm³/mol. The lowest BCUT2D eigenvalue weighted by atomic mass is 10.0. The molecule has 2 heterocycles. The van der Waals surface area contributed by atoms with Crippen molar-refractivity contribution in [1.82, 2.24) is 14.9 Å². The molecule has 1 aliphatic heterocycles. The molecule has 1 saturated heterocycles. The van der Waals surface area contributed by atoms with Gasteiger partial charge in [-0.05, 0) is 70.0 Å². The van der Waals surface area contributed by atoms with E-state index in [-0.39, 0.29) is 34.6 Å². The van der Waals surface area contributed by atoms with Crippen molar-refractivity contribution in [3.8, 4) is 0 Å². The zero-order valence-electron chi connectivity index (χ0n) is 17.3. The Hall–Kier alpha value is -2.65. The van der Waals surface area contributed by atoms with Crippen LogP contribution in [-0.2, 0) is 10.0 Å². The summed E-state index contributed by atoms with van der Waals surface area (Å²) in [6.07, 6.45) is 1.28. The smallest absolute Gasteiger partial charge is 0.287 e. The van der Waals surface area contributed by atoms with Gasteiger partial charge < -0.3 is 14.6 Å². The molecule has 1 fully saturated rings. The van der Waals surface area contributed by atoms with Crippen molar-refractivity contribution in [2.75, 3.05) is 13.1 Å². The van der Waals surface area contributed by atoms with E-state index in [0.717, 1.165) is 0 Å². The van der Waals surface area contributed by atoms with Gasteiger partial charge in [-0.25, -0.2) is 13.1 Å². The Morgan fingerprint density at radius 2 is 1.70 bits per heavy atom. The first-order valence-electron chi connectivity index (χ1n) is 9.94. The van der Waals surface area contributed by atoms with Gasteiger partial charge in [-0.3, -0.25) is 9.59 Å². The number of sulfonamides is 1. The van der Waals surface area contributed by atoms with Crippen LogP contribution in [0.5, 0.6) is 0 Å². The second-order valence-corrected chi connectivity index (χ2v) is 9.46. The van der Waals surface area contributed by atoms with E-state index in [2.05, 4.69) is 10.0 Å². The van der Waals surface area contributed by atoms with Crippen molar-refractivity contribution < 1.29 is 22.4 Å². The highest BCUT2D eigenvalue weighted by Crippen LogP contribution is 2.17. The van der Waals surface area contributed by atoms with E-state index >= 15 is 0 Å². The average Bonchev–Trinajstić information content (AvgIpc) is 3.14. The fourth-order valence-electron chi connectivity index (χ4n) is 3.38. The van der Waals surface area contributed by atoms with Gasteiger partial charge in [0.05, 0.1) is 4.90 Å². The third kappa shape index (κ3) is 5.28. The maximum absolute atomic E-state index is 12.8. The highest BCUT2D eigenvalue weighted by atomic mass is 32.2. The molecular formula is C21H27N3O5S. The molecule has 3 rings (SSSR count). The first-order chi connectivity index (χ1) is 14.2. The van der Waals surface area contributed by atoms with E-state index in [1.807, 2.05) is 0 Å². The van der Waals surface area contributed by atoms with Crippen LogP contribution in [0.1, 0.15) is 53.4 Å². The van der Waals surface area contributed by atoms with Gasteiger partial charge in [0.15, 0.2) is 5.76 Å². The van der Waals surface area contributed by atoms with Crippen molar-refractivity contribution in [2.24, 2.45) is 0 Å². The zero-order valence-corrected chi connectivity index (χ0v) is 18.2. The Balaban J connectivity index is 1.55. The number of hydrogen-bond donors (Lipinski definition) is 2. The molecule has 2 aromatic rings. The number of rotatable bonds is 6. The van der Waals surface area contributed by atoms with Crippen molar-refractivity contribution in [1.29, 1.82) is 0 Å². The van der Waals surface area contributed by atoms with Gasteiger partial charge in [-0.2, -0.15) is 0 Å². The summed E-state index contributed by atoms with van der Waals surface area (Å²) in [6, 6.07) is 9.09. The number of carbonyl (C=O) groups excluding carboxylic acids is 2. The molecule has 9 heteroatoms. The molecule has 162 valence electrons. The standard InChI is InChI=1S/C21H27N3O5S/c1-14(2)23-30(27,28)18-7-5-16(6-8-18)21(26)24-12-10-17(11-13-24)22-20(25)19-9-4-15(3)29-19/h4-9,14,17,23H,10-13H2,1-3H3,(H,22,25). The summed E-state index contributed by atoms with van der Waals surface area (Å²) in [7, 11) is -3.59. The molecule has 0 aliphatic carbocycles. The molecule has 0 saturated carbocycles. The van der Waals surface area contributed by atoms with Gasteiger partial charge in [0, 0.05) is 30.7 Å². The monoisotopic (exact) mass is 433 g/mol. The lowest BCUT2D eigenvalue weighted by Crippen LogP contribution is -2.46. The molecular weight excluding hydrogens is 406 g/mol. The zero-order chi connectivity index (χ0) is 21.9. The topological polar surface area (TPSA) is 109 Å². The van der Waals surface area contributed by atoms with Crippen LogP contribution in [0.2, 0.25) is 0 Å². The van der Waals surface area contributed by atoms with Gasteiger partial charge in [0.25, 0.3) is 11.8 Å². The van der Waals surface area contributed by atoms with Crippen LogP contribution in [0.15, 0.2) is 45.7 Å². The number of aryl methyl sites for hydroxylation is 1. The molecule has 0 bridgehead atoms. The van der Waals surface area contributed by atoms with Gasteiger partial charge in [-0.15, -0.1) is 0 Å². The van der Waals surface area contributed by atoms with Crippen LogP contribution in [0.3, 0.4) is 0 Å². The predicted octanol–water partition coefficient (Wildman–Crippen LogP) is 2.31. The van der Waals surface area contributed by atoms with Crippen LogP contribution in [0.4, 0.5) is 0 Å². The summed E-state index contributed by atoms with van der Waals surface area (Å²) in [5.41, 5.74) is 0.437. The Morgan fingerprint density at radius 1 is 1.07 bits per heavy atom. The number of carbonyl (C=O) groups is 2. The van der Waals surface area contributed by atoms with Gasteiger partial charge in [0.1, 0.15) is 5.76 Å². The average molecular weight is 434 g/mol. The van der Waals surface area contributed by atoms with Crippen molar-refractivity contribution in [3.63, 3.8) is 0 Å². The molecule has 1 aromatic carbocycles. The van der Waals surface area contributed by atoms with Crippen LogP contribution in [0.25, 0.3) is 0 Å². The van der Waals surface area contributed by atoms with Crippen LogP contribution in [0, 0.1) is 6.92 Å². The van der Waals surface area contributed by atoms with Gasteiger partial charge >= 0.3 is 0 Å². The lowest BCUT2D eigenvalue weighted by molar-refractivity contribution is 0.0695. The number of benzene rings is 1. The molecule has 0 radical (unpaired) electrons. The highest BCUT2D eigenvalue weighted by Gasteiger charge is 2.26. The normalized spacial score (nSPS) is 15.4. The molecule has 1 aromatic heterocycles. The van der Waals surface area contributed by atoms with Crippen molar-refractivity contribution in [3.05, 3.63) is 53.5 Å². The van der Waals surface area contributed by atoms with Crippen LogP contribution < -0.4 is 10.0 Å². The first-order valence-corrected chi connectivity index (χ1v) is 11.4. The lowest BCUT2D eigenvalue weighted by Gasteiger charge is -2.32. The van der Waals surface area contributed by atoms with Gasteiger partial charge in [0.2, 0.25) is 10.0 Å². The summed E-state index contributed by atoms with van der Waals surface area (Å²) in [6.45, 7) is 6.30. The molecule has 30 heavy (non-hydrogen) atoms.